The average molecular weight is 180 g/mol. The molecule has 0 unspecified atom stereocenters. The van der Waals surface area contributed by atoms with Crippen molar-refractivity contribution in [3.63, 3.8) is 0 Å². The van der Waals surface area contributed by atoms with E-state index in [4.69, 9.17) is 0 Å². The van der Waals surface area contributed by atoms with Gasteiger partial charge in [-0.2, -0.15) is 4.39 Å². The molecule has 1 saturated heterocycles. The van der Waals surface area contributed by atoms with Crippen molar-refractivity contribution in [2.75, 3.05) is 13.1 Å². The van der Waals surface area contributed by atoms with Gasteiger partial charge in [-0.15, -0.1) is 0 Å². The molecule has 13 heavy (non-hydrogen) atoms. The summed E-state index contributed by atoms with van der Waals surface area (Å²) in [5.41, 5.74) is 1.15. The minimum Gasteiger partial charge on any atom is -0.316 e. The van der Waals surface area contributed by atoms with Crippen molar-refractivity contribution in [1.29, 1.82) is 0 Å². The zero-order valence-corrected chi connectivity index (χ0v) is 7.46. The van der Waals surface area contributed by atoms with Gasteiger partial charge in [0, 0.05) is 12.7 Å². The van der Waals surface area contributed by atoms with Crippen molar-refractivity contribution in [2.24, 2.45) is 0 Å². The molecule has 1 aromatic heterocycles. The molecule has 0 aliphatic carbocycles. The number of aromatic nitrogens is 1. The predicted octanol–water partition coefficient (Wildman–Crippen LogP) is 1.69. The normalized spacial score (nSPS) is 23.0. The molecular weight excluding hydrogens is 167 g/mol. The standard InChI is InChI=1S/C10H13FN2/c11-10-4-3-9(7-13-10)8-2-1-5-12-6-8/h3-4,7-8,12H,1-2,5-6H2/t8-/m1/s1. The number of hydrogen-bond donors (Lipinski definition) is 1. The van der Waals surface area contributed by atoms with Crippen LogP contribution < -0.4 is 5.32 Å². The first-order valence-electron chi connectivity index (χ1n) is 4.68. The molecule has 1 aliphatic heterocycles. The van der Waals surface area contributed by atoms with Crippen LogP contribution in [0.5, 0.6) is 0 Å². The highest BCUT2D eigenvalue weighted by Crippen LogP contribution is 2.21. The van der Waals surface area contributed by atoms with Crippen LogP contribution in [0.2, 0.25) is 0 Å². The van der Waals surface area contributed by atoms with Crippen LogP contribution in [0.25, 0.3) is 0 Å². The fourth-order valence-electron chi connectivity index (χ4n) is 1.77. The summed E-state index contributed by atoms with van der Waals surface area (Å²) in [6.07, 6.45) is 4.02. The van der Waals surface area contributed by atoms with Gasteiger partial charge in [-0.1, -0.05) is 6.07 Å². The van der Waals surface area contributed by atoms with Crippen molar-refractivity contribution in [3.05, 3.63) is 29.8 Å². The Balaban J connectivity index is 2.10. The molecule has 0 bridgehead atoms. The van der Waals surface area contributed by atoms with E-state index in [2.05, 4.69) is 10.3 Å². The molecule has 70 valence electrons. The van der Waals surface area contributed by atoms with Crippen molar-refractivity contribution in [2.45, 2.75) is 18.8 Å². The van der Waals surface area contributed by atoms with E-state index in [-0.39, 0.29) is 0 Å². The molecule has 1 N–H and O–H groups in total. The second kappa shape index (κ2) is 3.83. The van der Waals surface area contributed by atoms with Crippen molar-refractivity contribution in [3.8, 4) is 0 Å². The van der Waals surface area contributed by atoms with Gasteiger partial charge in [0.15, 0.2) is 0 Å². The number of nitrogens with zero attached hydrogens (tertiary/aromatic N) is 1. The zero-order chi connectivity index (χ0) is 9.10. The van der Waals surface area contributed by atoms with Crippen LogP contribution in [-0.4, -0.2) is 18.1 Å². The lowest BCUT2D eigenvalue weighted by molar-refractivity contribution is 0.459. The van der Waals surface area contributed by atoms with Crippen LogP contribution in [0.4, 0.5) is 4.39 Å². The molecule has 1 aromatic rings. The van der Waals surface area contributed by atoms with Gasteiger partial charge in [0.25, 0.3) is 0 Å². The van der Waals surface area contributed by atoms with E-state index in [1.54, 1.807) is 6.20 Å². The molecule has 0 radical (unpaired) electrons. The van der Waals surface area contributed by atoms with Crippen molar-refractivity contribution < 1.29 is 4.39 Å². The van der Waals surface area contributed by atoms with Gasteiger partial charge in [0.2, 0.25) is 5.95 Å². The maximum absolute atomic E-state index is 12.5. The quantitative estimate of drug-likeness (QED) is 0.665. The number of piperidine rings is 1. The monoisotopic (exact) mass is 180 g/mol. The first-order chi connectivity index (χ1) is 6.36. The third-order valence-electron chi connectivity index (χ3n) is 2.52. The predicted molar refractivity (Wildman–Crippen MR) is 49.0 cm³/mol. The maximum Gasteiger partial charge on any atom is 0.212 e. The SMILES string of the molecule is Fc1ccc([C@@H]2CCCNC2)cn1. The van der Waals surface area contributed by atoms with Crippen LogP contribution in [0.3, 0.4) is 0 Å². The molecule has 1 atom stereocenters. The number of pyridine rings is 1. The van der Waals surface area contributed by atoms with E-state index >= 15 is 0 Å². The maximum atomic E-state index is 12.5. The Kier molecular flexibility index (Phi) is 2.54. The Hall–Kier alpha value is -0.960. The summed E-state index contributed by atoms with van der Waals surface area (Å²) in [4.78, 5) is 3.66. The van der Waals surface area contributed by atoms with Crippen LogP contribution >= 0.6 is 0 Å². The lowest BCUT2D eigenvalue weighted by Gasteiger charge is -2.22. The summed E-state index contributed by atoms with van der Waals surface area (Å²) in [5.74, 6) is 0.120. The molecule has 0 saturated carbocycles. The van der Waals surface area contributed by atoms with E-state index in [1.165, 1.54) is 18.9 Å². The molecule has 0 aromatic carbocycles. The van der Waals surface area contributed by atoms with Gasteiger partial charge in [-0.25, -0.2) is 4.98 Å². The Bertz CT molecular complexity index is 265. The second-order valence-corrected chi connectivity index (χ2v) is 3.46. The zero-order valence-electron chi connectivity index (χ0n) is 7.46. The Morgan fingerprint density at radius 2 is 2.38 bits per heavy atom. The third-order valence-corrected chi connectivity index (χ3v) is 2.52. The summed E-state index contributed by atoms with van der Waals surface area (Å²) < 4.78 is 12.5. The molecule has 0 amide bonds. The number of hydrogen-bond acceptors (Lipinski definition) is 2. The highest BCUT2D eigenvalue weighted by Gasteiger charge is 2.14. The van der Waals surface area contributed by atoms with Crippen LogP contribution in [-0.2, 0) is 0 Å². The van der Waals surface area contributed by atoms with E-state index in [1.807, 2.05) is 6.07 Å². The third kappa shape index (κ3) is 2.04. The molecule has 0 spiro atoms. The lowest BCUT2D eigenvalue weighted by Crippen LogP contribution is -2.28. The first-order valence-corrected chi connectivity index (χ1v) is 4.68. The fourth-order valence-corrected chi connectivity index (χ4v) is 1.77. The first kappa shape index (κ1) is 8.63. The van der Waals surface area contributed by atoms with Gasteiger partial charge < -0.3 is 5.32 Å². The topological polar surface area (TPSA) is 24.9 Å². The fraction of sp³-hybridized carbons (Fsp3) is 0.500. The van der Waals surface area contributed by atoms with E-state index in [9.17, 15) is 4.39 Å². The Labute approximate surface area is 77.2 Å². The molecule has 2 rings (SSSR count). The van der Waals surface area contributed by atoms with Crippen LogP contribution in [0.15, 0.2) is 18.3 Å². The van der Waals surface area contributed by atoms with Gasteiger partial charge in [0.1, 0.15) is 0 Å². The minimum absolute atomic E-state index is 0.396. The molecule has 2 nitrogen and oxygen atoms in total. The molecule has 1 fully saturated rings. The smallest absolute Gasteiger partial charge is 0.212 e. The van der Waals surface area contributed by atoms with Gasteiger partial charge in [-0.05, 0) is 36.9 Å². The Morgan fingerprint density at radius 3 is 3.00 bits per heavy atom. The summed E-state index contributed by atoms with van der Waals surface area (Å²) in [7, 11) is 0. The minimum atomic E-state index is -0.396. The summed E-state index contributed by atoms with van der Waals surface area (Å²) >= 11 is 0. The molecule has 2 heterocycles. The summed E-state index contributed by atoms with van der Waals surface area (Å²) in [5, 5.41) is 3.33. The Morgan fingerprint density at radius 1 is 1.46 bits per heavy atom. The lowest BCUT2D eigenvalue weighted by atomic mass is 9.93. The molecular formula is C10H13FN2. The average Bonchev–Trinajstić information content (AvgIpc) is 2.20. The van der Waals surface area contributed by atoms with Crippen molar-refractivity contribution in [1.82, 2.24) is 10.3 Å². The molecule has 3 heteroatoms. The van der Waals surface area contributed by atoms with Gasteiger partial charge in [-0.3, -0.25) is 0 Å². The summed E-state index contributed by atoms with van der Waals surface area (Å²) in [6, 6.07) is 3.27. The van der Waals surface area contributed by atoms with Gasteiger partial charge in [0.05, 0.1) is 0 Å². The van der Waals surface area contributed by atoms with Crippen LogP contribution in [0, 0.1) is 5.95 Å². The largest absolute Gasteiger partial charge is 0.316 e. The van der Waals surface area contributed by atoms with E-state index in [0.717, 1.165) is 18.7 Å². The van der Waals surface area contributed by atoms with Gasteiger partial charge >= 0.3 is 0 Å². The highest BCUT2D eigenvalue weighted by molar-refractivity contribution is 5.16. The van der Waals surface area contributed by atoms with E-state index in [0.29, 0.717) is 5.92 Å². The van der Waals surface area contributed by atoms with E-state index < -0.39 is 5.95 Å². The second-order valence-electron chi connectivity index (χ2n) is 3.46. The molecule has 1 aliphatic rings. The number of nitrogens with one attached hydrogen (secondary N) is 1. The summed E-state index contributed by atoms with van der Waals surface area (Å²) in [6.45, 7) is 2.10. The van der Waals surface area contributed by atoms with Crippen LogP contribution in [0.1, 0.15) is 24.3 Å². The van der Waals surface area contributed by atoms with Crippen molar-refractivity contribution >= 4 is 0 Å². The highest BCUT2D eigenvalue weighted by atomic mass is 19.1. The number of rotatable bonds is 1. The number of halogens is 1.